The van der Waals surface area contributed by atoms with Gasteiger partial charge in [-0.25, -0.2) is 0 Å². The van der Waals surface area contributed by atoms with E-state index in [4.69, 9.17) is 16.3 Å². The molecular formula is C23H26ClN3O3S. The maximum absolute atomic E-state index is 12.9. The maximum Gasteiger partial charge on any atom is 0.238 e. The minimum atomic E-state index is -0.421. The number of methoxy groups -OCH3 is 1. The minimum Gasteiger partial charge on any atom is -0.496 e. The molecule has 1 N–H and O–H groups in total. The first-order valence-electron chi connectivity index (χ1n) is 10.3. The number of carbonyl (C=O) groups is 2. The van der Waals surface area contributed by atoms with E-state index in [2.05, 4.69) is 23.2 Å². The predicted octanol–water partition coefficient (Wildman–Crippen LogP) is 3.80. The number of anilines is 1. The number of hydrogen-bond donors (Lipinski definition) is 1. The topological polar surface area (TPSA) is 61.9 Å². The Morgan fingerprint density at radius 3 is 2.71 bits per heavy atom. The molecule has 1 atom stereocenters. The van der Waals surface area contributed by atoms with Crippen molar-refractivity contribution in [2.75, 3.05) is 38.6 Å². The normalized spacial score (nSPS) is 19.0. The van der Waals surface area contributed by atoms with Crippen LogP contribution < -0.4 is 10.1 Å². The number of rotatable bonds is 5. The smallest absolute Gasteiger partial charge is 0.238 e. The van der Waals surface area contributed by atoms with Crippen molar-refractivity contribution in [1.29, 1.82) is 0 Å². The van der Waals surface area contributed by atoms with Crippen LogP contribution in [0.2, 0.25) is 5.02 Å². The molecule has 164 valence electrons. The molecular weight excluding hydrogens is 434 g/mol. The third-order valence-electron chi connectivity index (χ3n) is 5.68. The number of ether oxygens (including phenoxy) is 1. The molecule has 1 fully saturated rings. The van der Waals surface area contributed by atoms with Gasteiger partial charge in [-0.3, -0.25) is 14.5 Å². The molecule has 8 heteroatoms. The van der Waals surface area contributed by atoms with Crippen LogP contribution in [0.15, 0.2) is 41.3 Å². The molecule has 4 rings (SSSR count). The average molecular weight is 460 g/mol. The van der Waals surface area contributed by atoms with E-state index in [9.17, 15) is 9.59 Å². The van der Waals surface area contributed by atoms with Gasteiger partial charge in [0.05, 0.1) is 18.0 Å². The van der Waals surface area contributed by atoms with Crippen molar-refractivity contribution < 1.29 is 14.3 Å². The van der Waals surface area contributed by atoms with E-state index in [0.717, 1.165) is 35.8 Å². The van der Waals surface area contributed by atoms with Crippen LogP contribution in [0.4, 0.5) is 5.69 Å². The van der Waals surface area contributed by atoms with Gasteiger partial charge in [-0.05, 0) is 31.2 Å². The van der Waals surface area contributed by atoms with Gasteiger partial charge in [-0.2, -0.15) is 0 Å². The summed E-state index contributed by atoms with van der Waals surface area (Å²) in [5.74, 6) is 0.780. The van der Waals surface area contributed by atoms with Crippen LogP contribution in [0.1, 0.15) is 17.5 Å². The maximum atomic E-state index is 12.9. The first kappa shape index (κ1) is 22.0. The van der Waals surface area contributed by atoms with Crippen molar-refractivity contribution in [2.24, 2.45) is 0 Å². The molecule has 0 aromatic heterocycles. The Bertz CT molecular complexity index is 992. The van der Waals surface area contributed by atoms with Crippen LogP contribution in [-0.2, 0) is 16.1 Å². The lowest BCUT2D eigenvalue weighted by Crippen LogP contribution is -2.49. The van der Waals surface area contributed by atoms with E-state index in [1.807, 2.05) is 23.1 Å². The quantitative estimate of drug-likeness (QED) is 0.736. The highest BCUT2D eigenvalue weighted by atomic mass is 35.5. The zero-order valence-electron chi connectivity index (χ0n) is 17.7. The number of hydrogen-bond acceptors (Lipinski definition) is 5. The molecule has 2 aromatic carbocycles. The number of fused-ring (bicyclic) bond motifs is 1. The summed E-state index contributed by atoms with van der Waals surface area (Å²) in [6, 6.07) is 11.6. The highest BCUT2D eigenvalue weighted by molar-refractivity contribution is 8.01. The first-order chi connectivity index (χ1) is 14.9. The minimum absolute atomic E-state index is 0.0258. The van der Waals surface area contributed by atoms with Gasteiger partial charge in [-0.15, -0.1) is 11.8 Å². The first-order valence-corrected chi connectivity index (χ1v) is 11.6. The zero-order valence-corrected chi connectivity index (χ0v) is 19.3. The van der Waals surface area contributed by atoms with Crippen molar-refractivity contribution in [3.8, 4) is 5.75 Å². The van der Waals surface area contributed by atoms with Crippen molar-refractivity contribution in [1.82, 2.24) is 9.80 Å². The van der Waals surface area contributed by atoms with Gasteiger partial charge in [0, 0.05) is 54.6 Å². The van der Waals surface area contributed by atoms with Crippen LogP contribution in [0.5, 0.6) is 5.75 Å². The molecule has 0 radical (unpaired) electrons. The summed E-state index contributed by atoms with van der Waals surface area (Å²) < 4.78 is 5.49. The van der Waals surface area contributed by atoms with Gasteiger partial charge in [0.25, 0.3) is 0 Å². The summed E-state index contributed by atoms with van der Waals surface area (Å²) in [7, 11) is 1.69. The van der Waals surface area contributed by atoms with Crippen LogP contribution in [-0.4, -0.2) is 60.2 Å². The Balaban J connectivity index is 1.31. The average Bonchev–Trinajstić information content (AvgIpc) is 2.75. The number of nitrogens with zero attached hydrogens (tertiary/aromatic N) is 2. The fourth-order valence-corrected chi connectivity index (χ4v) is 5.23. The van der Waals surface area contributed by atoms with E-state index in [-0.39, 0.29) is 18.2 Å². The van der Waals surface area contributed by atoms with Crippen LogP contribution in [0, 0.1) is 6.92 Å². The van der Waals surface area contributed by atoms with Crippen LogP contribution in [0.25, 0.3) is 0 Å². The number of amides is 2. The Kier molecular flexibility index (Phi) is 6.74. The summed E-state index contributed by atoms with van der Waals surface area (Å²) in [5, 5.41) is 3.03. The summed E-state index contributed by atoms with van der Waals surface area (Å²) >= 11 is 7.43. The van der Waals surface area contributed by atoms with Gasteiger partial charge < -0.3 is 15.0 Å². The van der Waals surface area contributed by atoms with E-state index in [1.54, 1.807) is 19.2 Å². The van der Waals surface area contributed by atoms with E-state index < -0.39 is 5.25 Å². The number of aryl methyl sites for hydroxylation is 1. The van der Waals surface area contributed by atoms with E-state index in [0.29, 0.717) is 23.8 Å². The fraction of sp³-hybridized carbons (Fsp3) is 0.391. The Morgan fingerprint density at radius 1 is 1.19 bits per heavy atom. The SMILES string of the molecule is COc1ccc(C)cc1CN1CCN(C(=O)C[C@H]2Sc3ccc(Cl)cc3NC2=O)CC1. The molecule has 2 heterocycles. The number of nitrogens with one attached hydrogen (secondary N) is 1. The second-order valence-corrected chi connectivity index (χ2v) is 9.59. The fourth-order valence-electron chi connectivity index (χ4n) is 3.97. The molecule has 2 aromatic rings. The summed E-state index contributed by atoms with van der Waals surface area (Å²) in [4.78, 5) is 30.5. The second-order valence-electron chi connectivity index (χ2n) is 7.91. The molecule has 0 spiro atoms. The van der Waals surface area contributed by atoms with E-state index in [1.165, 1.54) is 17.3 Å². The Morgan fingerprint density at radius 2 is 1.97 bits per heavy atom. The number of benzene rings is 2. The molecule has 1 saturated heterocycles. The molecule has 2 aliphatic rings. The number of thioether (sulfide) groups is 1. The highest BCUT2D eigenvalue weighted by Gasteiger charge is 2.31. The molecule has 0 saturated carbocycles. The van der Waals surface area contributed by atoms with Crippen LogP contribution in [0.3, 0.4) is 0 Å². The third-order valence-corrected chi connectivity index (χ3v) is 7.19. The van der Waals surface area contributed by atoms with Crippen molar-refractivity contribution in [3.05, 3.63) is 52.5 Å². The molecule has 6 nitrogen and oxygen atoms in total. The van der Waals surface area contributed by atoms with Crippen molar-refractivity contribution >= 4 is 40.9 Å². The Hall–Kier alpha value is -2.22. The van der Waals surface area contributed by atoms with E-state index >= 15 is 0 Å². The zero-order chi connectivity index (χ0) is 22.0. The molecule has 2 amide bonds. The Labute approximate surface area is 191 Å². The molecule has 0 bridgehead atoms. The second kappa shape index (κ2) is 9.51. The molecule has 0 aliphatic carbocycles. The lowest BCUT2D eigenvalue weighted by Gasteiger charge is -2.35. The lowest BCUT2D eigenvalue weighted by molar-refractivity contribution is -0.134. The van der Waals surface area contributed by atoms with Crippen molar-refractivity contribution in [3.63, 3.8) is 0 Å². The van der Waals surface area contributed by atoms with Gasteiger partial charge in [-0.1, -0.05) is 29.3 Å². The molecule has 31 heavy (non-hydrogen) atoms. The van der Waals surface area contributed by atoms with Gasteiger partial charge in [0.1, 0.15) is 5.75 Å². The highest BCUT2D eigenvalue weighted by Crippen LogP contribution is 2.38. The monoisotopic (exact) mass is 459 g/mol. The summed E-state index contributed by atoms with van der Waals surface area (Å²) in [5.41, 5.74) is 3.08. The van der Waals surface area contributed by atoms with Crippen LogP contribution >= 0.6 is 23.4 Å². The lowest BCUT2D eigenvalue weighted by atomic mass is 10.1. The third kappa shape index (κ3) is 5.17. The largest absolute Gasteiger partial charge is 0.496 e. The molecule has 0 unspecified atom stereocenters. The van der Waals surface area contributed by atoms with Gasteiger partial charge >= 0.3 is 0 Å². The summed E-state index contributed by atoms with van der Waals surface area (Å²) in [6.07, 6.45) is 0.199. The standard InChI is InChI=1S/C23H26ClN3O3S/c1-15-3-5-19(30-2)16(11-15)14-26-7-9-27(10-8-26)22(28)13-21-23(29)25-18-12-17(24)4-6-20(18)31-21/h3-6,11-12,21H,7-10,13-14H2,1-2H3,(H,25,29)/t21-/m1/s1. The van der Waals surface area contributed by atoms with Gasteiger partial charge in [0.2, 0.25) is 11.8 Å². The number of carbonyl (C=O) groups excluding carboxylic acids is 2. The van der Waals surface area contributed by atoms with Crippen molar-refractivity contribution in [2.45, 2.75) is 30.0 Å². The predicted molar refractivity (Wildman–Crippen MR) is 124 cm³/mol. The molecule has 2 aliphatic heterocycles. The van der Waals surface area contributed by atoms with Gasteiger partial charge in [0.15, 0.2) is 0 Å². The number of piperazine rings is 1. The summed E-state index contributed by atoms with van der Waals surface area (Å²) in [6.45, 7) is 5.80. The number of halogens is 1.